The van der Waals surface area contributed by atoms with Crippen LogP contribution in [0.3, 0.4) is 0 Å². The Morgan fingerprint density at radius 1 is 1.12 bits per heavy atom. The molecule has 2 saturated heterocycles. The van der Waals surface area contributed by atoms with Gasteiger partial charge >= 0.3 is 6.17 Å². The summed E-state index contributed by atoms with van der Waals surface area (Å²) in [5, 5.41) is 7.57. The van der Waals surface area contributed by atoms with E-state index in [9.17, 15) is 27.8 Å². The Bertz CT molecular complexity index is 2590. The Kier molecular flexibility index (Phi) is 13.9. The quantitative estimate of drug-likeness (QED) is 0.142. The third-order valence-corrected chi connectivity index (χ3v) is 14.5. The molecule has 0 aliphatic carbocycles. The number of nitrogens with one attached hydrogen (secondary N) is 2. The topological polar surface area (TPSA) is 179 Å². The Morgan fingerprint density at radius 2 is 1.88 bits per heavy atom. The molecule has 6 bridgehead atoms. The van der Waals surface area contributed by atoms with Crippen LogP contribution in [-0.2, 0) is 49.1 Å². The molecule has 5 heterocycles. The minimum Gasteiger partial charge on any atom is -0.375 e. The molecule has 0 radical (unpaired) electrons. The van der Waals surface area contributed by atoms with Gasteiger partial charge in [-0.3, -0.25) is 19.6 Å². The van der Waals surface area contributed by atoms with Gasteiger partial charge in [-0.1, -0.05) is 64.6 Å². The third-order valence-electron chi connectivity index (χ3n) is 13.0. The lowest BCUT2D eigenvalue weighted by molar-refractivity contribution is -0.835. The minimum absolute atomic E-state index is 0.0510. The van der Waals surface area contributed by atoms with Crippen LogP contribution in [0.5, 0.6) is 0 Å². The number of ether oxygens (including phenoxy) is 1. The van der Waals surface area contributed by atoms with Gasteiger partial charge < -0.3 is 14.6 Å². The van der Waals surface area contributed by atoms with Crippen molar-refractivity contribution >= 4 is 32.7 Å². The number of sulfonamides is 1. The summed E-state index contributed by atoms with van der Waals surface area (Å²) < 4.78 is 34.1. The van der Waals surface area contributed by atoms with Crippen molar-refractivity contribution in [1.82, 2.24) is 34.6 Å². The minimum atomic E-state index is -3.72. The molecule has 348 valence electrons. The number of rotatable bonds is 11. The molecule has 3 aliphatic heterocycles. The molecular weight excluding hydrogens is 851 g/mol. The number of fused-ring (bicyclic) bond motifs is 6. The molecule has 2 N–H and O–H groups in total. The van der Waals surface area contributed by atoms with Gasteiger partial charge in [0.05, 0.1) is 40.9 Å². The number of amides is 2. The van der Waals surface area contributed by atoms with Gasteiger partial charge in [-0.05, 0) is 72.2 Å². The number of carbonyl (C=O) groups is 2. The summed E-state index contributed by atoms with van der Waals surface area (Å²) in [6, 6.07) is 15.4. The molecule has 7 rings (SSSR count). The van der Waals surface area contributed by atoms with E-state index in [1.165, 1.54) is 21.4 Å². The van der Waals surface area contributed by atoms with Crippen LogP contribution in [0.1, 0.15) is 76.8 Å². The van der Waals surface area contributed by atoms with E-state index >= 15 is 0 Å². The zero-order chi connectivity index (χ0) is 47.0. The Morgan fingerprint density at radius 3 is 2.60 bits per heavy atom. The highest BCUT2D eigenvalue weighted by Crippen LogP contribution is 2.41. The molecule has 65 heavy (non-hydrogen) atoms. The van der Waals surface area contributed by atoms with Crippen LogP contribution in [0.15, 0.2) is 72.8 Å². The standard InChI is InChI=1S/C47H62N9O8S/c1-10-65(61,62)53-23-20-35(28-53)55(59)52(8)43(30(2)3)45(57)49-39-25-32-14-11-15-33(24-32)34-18-19-40-37(26-34)38(44(51(40)7)36-16-12-21-48-42(36)31(4)63-9)27-47(5,6)29-64-56(60)41-17-13-22-54(50-41)46(39)58/h10-12,14-16,18-19,21,24,26,30-31,35,39,41,43,50H,1,13,17,20,22-23,25,27-29H2,2-9H3/q+1/p+1/t31-,35-,39-,41+,43-/m0/s1. The van der Waals surface area contributed by atoms with Crippen LogP contribution in [0, 0.1) is 21.1 Å². The van der Waals surface area contributed by atoms with Gasteiger partial charge in [0.25, 0.3) is 5.91 Å². The van der Waals surface area contributed by atoms with Gasteiger partial charge in [0.15, 0.2) is 12.6 Å². The van der Waals surface area contributed by atoms with Gasteiger partial charge in [-0.2, -0.15) is 9.73 Å². The van der Waals surface area contributed by atoms with E-state index in [1.54, 1.807) is 13.3 Å². The van der Waals surface area contributed by atoms with Crippen molar-refractivity contribution < 1.29 is 37.4 Å². The number of methoxy groups -OCH3 is 1. The SMILES string of the molecule is C=CS(=O)(=O)N1CC[C@H]([N+](=O)N(C)[C@H](C(=O)N[C@H]2Cc3cccc(c3)-c3ccc4c(c3)c(c(-c3cccnc3[C@H](C)OC)n4C)CC(C)(C)CO[N+](=O)[C@@H]3CCCN(N3)C2=O)C(C)C)C1. The second-order valence-corrected chi connectivity index (χ2v) is 20.5. The lowest BCUT2D eigenvalue weighted by atomic mass is 9.84. The molecule has 2 aromatic heterocycles. The molecule has 18 heteroatoms. The van der Waals surface area contributed by atoms with E-state index in [4.69, 9.17) is 14.6 Å². The zero-order valence-corrected chi connectivity index (χ0v) is 39.5. The fourth-order valence-corrected chi connectivity index (χ4v) is 10.4. The molecule has 2 amide bonds. The predicted molar refractivity (Wildman–Crippen MR) is 247 cm³/mol. The number of hydrogen-bond donors (Lipinski definition) is 2. The van der Waals surface area contributed by atoms with Crippen LogP contribution in [0.2, 0.25) is 0 Å². The van der Waals surface area contributed by atoms with Gasteiger partial charge in [-0.25, -0.2) is 13.3 Å². The molecular formula is C47H63N9O8S+2. The van der Waals surface area contributed by atoms with Gasteiger partial charge in [0.2, 0.25) is 26.9 Å². The summed E-state index contributed by atoms with van der Waals surface area (Å²) in [6.07, 6.45) is 2.46. The number of likely N-dealkylation sites (N-methyl/N-ethyl adjacent to an activating group) is 1. The highest BCUT2D eigenvalue weighted by Gasteiger charge is 2.46. The maximum Gasteiger partial charge on any atom is 0.326 e. The Balaban J connectivity index is 1.27. The van der Waals surface area contributed by atoms with Crippen molar-refractivity contribution in [1.29, 1.82) is 0 Å². The smallest absolute Gasteiger partial charge is 0.326 e. The molecule has 0 saturated carbocycles. The lowest BCUT2D eigenvalue weighted by Crippen LogP contribution is -2.62. The Hall–Kier alpha value is -5.56. The molecule has 4 aromatic rings. The molecule has 3 aliphatic rings. The van der Waals surface area contributed by atoms with Crippen LogP contribution in [0.4, 0.5) is 0 Å². The average Bonchev–Trinajstić information content (AvgIpc) is 3.90. The molecule has 2 aromatic carbocycles. The fourth-order valence-electron chi connectivity index (χ4n) is 9.48. The van der Waals surface area contributed by atoms with E-state index in [0.717, 1.165) is 55.5 Å². The van der Waals surface area contributed by atoms with Crippen molar-refractivity contribution in [3.8, 4) is 22.4 Å². The number of carbonyl (C=O) groups excluding carboxylic acids is 2. The summed E-state index contributed by atoms with van der Waals surface area (Å²) >= 11 is 0. The van der Waals surface area contributed by atoms with Crippen LogP contribution >= 0.6 is 0 Å². The zero-order valence-electron chi connectivity index (χ0n) is 38.7. The van der Waals surface area contributed by atoms with Gasteiger partial charge in [0, 0.05) is 80.0 Å². The second-order valence-electron chi connectivity index (χ2n) is 18.7. The summed E-state index contributed by atoms with van der Waals surface area (Å²) in [4.78, 5) is 68.7. The lowest BCUT2D eigenvalue weighted by Gasteiger charge is -2.33. The first-order valence-corrected chi connectivity index (χ1v) is 23.8. The number of aromatic nitrogens is 2. The van der Waals surface area contributed by atoms with Crippen molar-refractivity contribution in [2.24, 2.45) is 18.4 Å². The summed E-state index contributed by atoms with van der Waals surface area (Å²) in [6.45, 7) is 13.6. The molecule has 0 spiro atoms. The van der Waals surface area contributed by atoms with Crippen molar-refractivity contribution in [2.75, 3.05) is 40.4 Å². The van der Waals surface area contributed by atoms with Gasteiger partial charge in [0.1, 0.15) is 10.9 Å². The fraction of sp³-hybridized carbons (Fsp3) is 0.511. The number of aryl methyl sites for hydroxylation is 1. The molecule has 17 nitrogen and oxygen atoms in total. The number of nitroso groups, excluding NO2 is 1. The van der Waals surface area contributed by atoms with E-state index in [0.29, 0.717) is 29.1 Å². The van der Waals surface area contributed by atoms with Crippen molar-refractivity contribution in [2.45, 2.75) is 97.1 Å². The van der Waals surface area contributed by atoms with E-state index in [1.807, 2.05) is 51.1 Å². The monoisotopic (exact) mass is 913 g/mol. The van der Waals surface area contributed by atoms with Crippen molar-refractivity contribution in [3.05, 3.63) is 99.4 Å². The summed E-state index contributed by atoms with van der Waals surface area (Å²) in [5.41, 5.74) is 10.1. The first-order valence-electron chi connectivity index (χ1n) is 22.3. The van der Waals surface area contributed by atoms with E-state index in [-0.39, 0.29) is 51.1 Å². The van der Waals surface area contributed by atoms with Crippen molar-refractivity contribution in [3.63, 3.8) is 0 Å². The number of hydrogen-bond acceptors (Lipinski definition) is 10. The first-order chi connectivity index (χ1) is 30.8. The van der Waals surface area contributed by atoms with Gasteiger partial charge in [-0.15, -0.1) is 5.01 Å². The first kappa shape index (κ1) is 47.4. The van der Waals surface area contributed by atoms with Crippen LogP contribution in [-0.4, -0.2) is 119 Å². The normalized spacial score (nSPS) is 21.7. The molecule has 5 atom stereocenters. The molecule has 2 fully saturated rings. The molecule has 0 unspecified atom stereocenters. The predicted octanol–water partition coefficient (Wildman–Crippen LogP) is 5.59. The maximum absolute atomic E-state index is 14.6. The van der Waals surface area contributed by atoms with E-state index in [2.05, 4.69) is 67.0 Å². The number of pyridine rings is 1. The number of nitrogens with zero attached hydrogens (tertiary/aromatic N) is 7. The summed E-state index contributed by atoms with van der Waals surface area (Å²) in [5.74, 6) is -1.38. The number of hydrazine groups is 2. The maximum atomic E-state index is 14.6. The Labute approximate surface area is 381 Å². The highest BCUT2D eigenvalue weighted by molar-refractivity contribution is 7.92. The third kappa shape index (κ3) is 9.86. The summed E-state index contributed by atoms with van der Waals surface area (Å²) in [7, 11) is 1.50. The largest absolute Gasteiger partial charge is 0.375 e. The van der Waals surface area contributed by atoms with Crippen LogP contribution < -0.4 is 10.7 Å². The second kappa shape index (κ2) is 19.1. The average molecular weight is 914 g/mol. The highest BCUT2D eigenvalue weighted by atomic mass is 32.2. The van der Waals surface area contributed by atoms with E-state index < -0.39 is 51.5 Å². The number of benzene rings is 2. The van der Waals surface area contributed by atoms with Crippen LogP contribution in [0.25, 0.3) is 33.3 Å².